The van der Waals surface area contributed by atoms with Gasteiger partial charge in [-0.1, -0.05) is 78.9 Å². The molecule has 1 aliphatic carbocycles. The van der Waals surface area contributed by atoms with E-state index in [1.54, 1.807) is 22.9 Å². The molecule has 0 radical (unpaired) electrons. The predicted octanol–water partition coefficient (Wildman–Crippen LogP) is 5.28. The van der Waals surface area contributed by atoms with Crippen molar-refractivity contribution in [1.29, 1.82) is 0 Å². The first-order valence-corrected chi connectivity index (χ1v) is 10.6. The van der Waals surface area contributed by atoms with Gasteiger partial charge in [-0.05, 0) is 27.8 Å². The van der Waals surface area contributed by atoms with Crippen LogP contribution in [0.4, 0.5) is 4.79 Å². The third-order valence-corrected chi connectivity index (χ3v) is 6.41. The Morgan fingerprint density at radius 1 is 0.900 bits per heavy atom. The smallest absolute Gasteiger partial charge is 0.419 e. The second-order valence-corrected chi connectivity index (χ2v) is 8.20. The molecule has 0 heterocycles. The van der Waals surface area contributed by atoms with E-state index >= 15 is 0 Å². The normalized spacial score (nSPS) is 13.2. The van der Waals surface area contributed by atoms with Crippen LogP contribution < -0.4 is 0 Å². The van der Waals surface area contributed by atoms with E-state index in [1.807, 2.05) is 66.7 Å². The molecule has 4 rings (SSSR count). The molecule has 6 heteroatoms. The molecule has 152 valence electrons. The highest BCUT2D eigenvalue weighted by atomic mass is 127. The second kappa shape index (κ2) is 8.87. The summed E-state index contributed by atoms with van der Waals surface area (Å²) in [5.74, 6) is -1.13. The third-order valence-electron chi connectivity index (χ3n) is 5.34. The summed E-state index contributed by atoms with van der Waals surface area (Å²) in [6.07, 6.45) is -0.440. The van der Waals surface area contributed by atoms with Crippen LogP contribution in [0.1, 0.15) is 22.6 Å². The van der Waals surface area contributed by atoms with Crippen molar-refractivity contribution < 1.29 is 19.4 Å². The molecular formula is C24H20INO4. The Bertz CT molecular complexity index is 1020. The average molecular weight is 513 g/mol. The van der Waals surface area contributed by atoms with Gasteiger partial charge in [-0.2, -0.15) is 0 Å². The maximum absolute atomic E-state index is 12.7. The zero-order valence-electron chi connectivity index (χ0n) is 16.1. The minimum Gasteiger partial charge on any atom is -0.480 e. The van der Waals surface area contributed by atoms with Gasteiger partial charge in [0.2, 0.25) is 0 Å². The van der Waals surface area contributed by atoms with Gasteiger partial charge in [0.05, 0.1) is 22.9 Å². The second-order valence-electron chi connectivity index (χ2n) is 7.16. The molecule has 3 aromatic rings. The predicted molar refractivity (Wildman–Crippen MR) is 122 cm³/mol. The minimum absolute atomic E-state index is 0.0662. The summed E-state index contributed by atoms with van der Waals surface area (Å²) in [6, 6.07) is 24.4. The fourth-order valence-electron chi connectivity index (χ4n) is 3.88. The molecule has 3 aromatic carbocycles. The van der Waals surface area contributed by atoms with Crippen LogP contribution in [0, 0.1) is 0 Å². The lowest BCUT2D eigenvalue weighted by Crippen LogP contribution is -2.40. The van der Waals surface area contributed by atoms with Crippen LogP contribution in [-0.4, -0.2) is 32.9 Å². The van der Waals surface area contributed by atoms with Crippen molar-refractivity contribution in [2.75, 3.05) is 6.61 Å². The number of carboxylic acid groups (broad SMARTS) is 1. The zero-order chi connectivity index (χ0) is 21.1. The number of amides is 1. The van der Waals surface area contributed by atoms with Crippen LogP contribution >= 0.6 is 22.9 Å². The minimum atomic E-state index is -1.07. The lowest BCUT2D eigenvalue weighted by atomic mass is 9.98. The number of hydrogen-bond acceptors (Lipinski definition) is 3. The van der Waals surface area contributed by atoms with Gasteiger partial charge in [-0.15, -0.1) is 0 Å². The largest absolute Gasteiger partial charge is 0.480 e. The van der Waals surface area contributed by atoms with E-state index in [0.717, 1.165) is 30.9 Å². The van der Waals surface area contributed by atoms with Gasteiger partial charge < -0.3 is 9.84 Å². The molecule has 0 saturated heterocycles. The Balaban J connectivity index is 1.48. The van der Waals surface area contributed by atoms with E-state index in [0.29, 0.717) is 0 Å². The van der Waals surface area contributed by atoms with Gasteiger partial charge in [-0.3, -0.25) is 0 Å². The molecule has 0 aromatic heterocycles. The lowest BCUT2D eigenvalue weighted by molar-refractivity contribution is -0.140. The van der Waals surface area contributed by atoms with Crippen LogP contribution in [0.15, 0.2) is 78.9 Å². The molecule has 0 unspecified atom stereocenters. The van der Waals surface area contributed by atoms with Gasteiger partial charge in [0.1, 0.15) is 12.6 Å². The molecule has 1 atom stereocenters. The molecule has 5 nitrogen and oxygen atoms in total. The summed E-state index contributed by atoms with van der Waals surface area (Å²) >= 11 is 1.74. The van der Waals surface area contributed by atoms with E-state index < -0.39 is 18.1 Å². The number of rotatable bonds is 6. The number of carbonyl (C=O) groups is 2. The van der Waals surface area contributed by atoms with E-state index in [-0.39, 0.29) is 18.9 Å². The van der Waals surface area contributed by atoms with Crippen LogP contribution in [0.25, 0.3) is 11.1 Å². The Morgan fingerprint density at radius 3 is 2.00 bits per heavy atom. The number of benzene rings is 3. The summed E-state index contributed by atoms with van der Waals surface area (Å²) in [4.78, 5) is 24.5. The van der Waals surface area contributed by atoms with Crippen molar-refractivity contribution in [3.63, 3.8) is 0 Å². The van der Waals surface area contributed by atoms with Gasteiger partial charge in [0, 0.05) is 12.3 Å². The van der Waals surface area contributed by atoms with Crippen LogP contribution in [0.5, 0.6) is 0 Å². The Morgan fingerprint density at radius 2 is 1.43 bits per heavy atom. The monoisotopic (exact) mass is 513 g/mol. The van der Waals surface area contributed by atoms with Crippen molar-refractivity contribution in [2.45, 2.75) is 18.4 Å². The van der Waals surface area contributed by atoms with Gasteiger partial charge >= 0.3 is 12.1 Å². The molecule has 1 aliphatic rings. The van der Waals surface area contributed by atoms with Crippen LogP contribution in [0.3, 0.4) is 0 Å². The van der Waals surface area contributed by atoms with Crippen molar-refractivity contribution in [2.24, 2.45) is 0 Å². The van der Waals surface area contributed by atoms with Crippen molar-refractivity contribution >= 4 is 34.9 Å². The van der Waals surface area contributed by atoms with E-state index in [1.165, 1.54) is 0 Å². The number of aliphatic carboxylic acids is 1. The van der Waals surface area contributed by atoms with E-state index in [9.17, 15) is 14.7 Å². The molecule has 0 fully saturated rings. The maximum atomic E-state index is 12.7. The molecule has 0 saturated carbocycles. The quantitative estimate of drug-likeness (QED) is 0.360. The Kier molecular flexibility index (Phi) is 6.03. The molecule has 1 amide bonds. The number of carboxylic acids is 1. The zero-order valence-corrected chi connectivity index (χ0v) is 18.2. The van der Waals surface area contributed by atoms with E-state index in [2.05, 4.69) is 12.1 Å². The SMILES string of the molecule is O=C(O)[C@H](Cc1ccccc1)N(I)C(=O)OCC1c2ccccc2-c2ccccc21. The lowest BCUT2D eigenvalue weighted by Gasteiger charge is -2.23. The molecular weight excluding hydrogens is 493 g/mol. The first-order chi connectivity index (χ1) is 14.6. The van der Waals surface area contributed by atoms with Gasteiger partial charge in [0.25, 0.3) is 0 Å². The van der Waals surface area contributed by atoms with Crippen molar-refractivity contribution in [3.8, 4) is 11.1 Å². The summed E-state index contributed by atoms with van der Waals surface area (Å²) in [7, 11) is 0. The first kappa shape index (κ1) is 20.4. The van der Waals surface area contributed by atoms with Crippen LogP contribution in [0.2, 0.25) is 0 Å². The standard InChI is InChI=1S/C24H20INO4/c25-26(22(23(27)28)14-16-8-2-1-3-9-16)24(29)30-15-21-19-12-6-4-10-17(19)18-11-5-7-13-20(18)21/h1-13,21-22H,14-15H2,(H,27,28)/t22-/m0/s1. The number of ether oxygens (including phenoxy) is 1. The molecule has 0 aliphatic heterocycles. The molecule has 30 heavy (non-hydrogen) atoms. The Labute approximate surface area is 188 Å². The summed E-state index contributed by atoms with van der Waals surface area (Å²) in [5, 5.41) is 9.64. The number of hydrogen-bond donors (Lipinski definition) is 1. The number of carbonyl (C=O) groups excluding carboxylic acids is 1. The third kappa shape index (κ3) is 4.05. The molecule has 0 bridgehead atoms. The topological polar surface area (TPSA) is 66.8 Å². The van der Waals surface area contributed by atoms with E-state index in [4.69, 9.17) is 4.74 Å². The number of halogens is 1. The average Bonchev–Trinajstić information content (AvgIpc) is 3.09. The molecule has 1 N–H and O–H groups in total. The summed E-state index contributed by atoms with van der Waals surface area (Å²) in [6.45, 7) is 0.157. The van der Waals surface area contributed by atoms with Crippen molar-refractivity contribution in [3.05, 3.63) is 95.6 Å². The highest BCUT2D eigenvalue weighted by Crippen LogP contribution is 2.44. The van der Waals surface area contributed by atoms with Gasteiger partial charge in [-0.25, -0.2) is 12.7 Å². The fraction of sp³-hybridized carbons (Fsp3) is 0.167. The maximum Gasteiger partial charge on any atom is 0.419 e. The fourth-order valence-corrected chi connectivity index (χ4v) is 4.46. The highest BCUT2D eigenvalue weighted by Gasteiger charge is 2.32. The summed E-state index contributed by atoms with van der Waals surface area (Å²) in [5.41, 5.74) is 5.37. The Hall–Kier alpha value is -2.87. The molecule has 0 spiro atoms. The van der Waals surface area contributed by atoms with Gasteiger partial charge in [0.15, 0.2) is 0 Å². The number of nitrogens with zero attached hydrogens (tertiary/aromatic N) is 1. The first-order valence-electron chi connectivity index (χ1n) is 9.63. The summed E-state index contributed by atoms with van der Waals surface area (Å²) < 4.78 is 6.73. The van der Waals surface area contributed by atoms with Crippen molar-refractivity contribution in [1.82, 2.24) is 3.11 Å². The number of fused-ring (bicyclic) bond motifs is 3. The van der Waals surface area contributed by atoms with Crippen LogP contribution in [-0.2, 0) is 16.0 Å². The highest BCUT2D eigenvalue weighted by molar-refractivity contribution is 14.1.